The van der Waals surface area contributed by atoms with Crippen molar-refractivity contribution in [1.29, 1.82) is 0 Å². The Morgan fingerprint density at radius 2 is 1.87 bits per heavy atom. The van der Waals surface area contributed by atoms with Gasteiger partial charge in [0, 0.05) is 6.07 Å². The Hall–Kier alpha value is -2.47. The molecule has 0 aliphatic heterocycles. The van der Waals surface area contributed by atoms with Gasteiger partial charge in [0.15, 0.2) is 0 Å². The van der Waals surface area contributed by atoms with Gasteiger partial charge < -0.3 is 15.8 Å². The maximum atomic E-state index is 12.8. The van der Waals surface area contributed by atoms with Crippen LogP contribution < -0.4 is 15.8 Å². The summed E-state index contributed by atoms with van der Waals surface area (Å²) in [5.41, 5.74) is 6.10. The monoisotopic (exact) mass is 317 g/mol. The number of hydrogen-bond acceptors (Lipinski definition) is 4. The Morgan fingerprint density at radius 3 is 2.39 bits per heavy atom. The number of nitrogens with one attached hydrogen (secondary N) is 1. The van der Waals surface area contributed by atoms with Gasteiger partial charge >= 0.3 is 0 Å². The summed E-state index contributed by atoms with van der Waals surface area (Å²) in [6.45, 7) is 5.69. The molecule has 1 aromatic heterocycles. The molecule has 0 bridgehead atoms. The van der Waals surface area contributed by atoms with E-state index in [1.54, 1.807) is 12.1 Å². The number of pyridine rings is 1. The largest absolute Gasteiger partial charge is 0.439 e. The summed E-state index contributed by atoms with van der Waals surface area (Å²) in [6.07, 6.45) is 1.48. The molecule has 2 rings (SSSR count). The minimum Gasteiger partial charge on any atom is -0.439 e. The average Bonchev–Trinajstić information content (AvgIpc) is 2.50. The van der Waals surface area contributed by atoms with E-state index in [4.69, 9.17) is 10.5 Å². The van der Waals surface area contributed by atoms with E-state index >= 15 is 0 Å². The second-order valence-electron chi connectivity index (χ2n) is 6.27. The third-order valence-corrected chi connectivity index (χ3v) is 3.26. The minimum absolute atomic E-state index is 0.272. The number of nitrogens with two attached hydrogens (primary N) is 1. The van der Waals surface area contributed by atoms with Crippen molar-refractivity contribution in [3.05, 3.63) is 48.4 Å². The zero-order valence-corrected chi connectivity index (χ0v) is 13.3. The highest BCUT2D eigenvalue weighted by molar-refractivity contribution is 5.95. The highest BCUT2D eigenvalue weighted by atomic mass is 19.1. The molecular weight excluding hydrogens is 297 g/mol. The Labute approximate surface area is 134 Å². The Morgan fingerprint density at radius 1 is 1.22 bits per heavy atom. The smallest absolute Gasteiger partial charge is 0.241 e. The fraction of sp³-hybridized carbons (Fsp3) is 0.294. The molecule has 5 nitrogen and oxygen atoms in total. The van der Waals surface area contributed by atoms with Gasteiger partial charge in [0.1, 0.15) is 11.6 Å². The summed E-state index contributed by atoms with van der Waals surface area (Å²) in [5.74, 6) is 0.213. The molecule has 6 heteroatoms. The number of amides is 1. The third kappa shape index (κ3) is 4.75. The fourth-order valence-electron chi connectivity index (χ4n) is 1.75. The molecule has 0 aliphatic rings. The van der Waals surface area contributed by atoms with E-state index in [1.807, 2.05) is 20.8 Å². The lowest BCUT2D eigenvalue weighted by molar-refractivity contribution is -0.119. The van der Waals surface area contributed by atoms with Crippen molar-refractivity contribution in [2.45, 2.75) is 26.8 Å². The van der Waals surface area contributed by atoms with Gasteiger partial charge in [-0.1, -0.05) is 20.8 Å². The Bertz CT molecular complexity index is 664. The summed E-state index contributed by atoms with van der Waals surface area (Å²) < 4.78 is 18.3. The van der Waals surface area contributed by atoms with Crippen LogP contribution in [-0.2, 0) is 4.79 Å². The number of rotatable bonds is 4. The van der Waals surface area contributed by atoms with Gasteiger partial charge in [-0.2, -0.15) is 0 Å². The van der Waals surface area contributed by atoms with Gasteiger partial charge in [0.2, 0.25) is 11.8 Å². The first kappa shape index (κ1) is 16.9. The number of hydrogen-bond donors (Lipinski definition) is 2. The number of anilines is 1. The lowest BCUT2D eigenvalue weighted by atomic mass is 9.87. The molecule has 3 N–H and O–H groups in total. The normalized spacial score (nSPS) is 12.6. The summed E-state index contributed by atoms with van der Waals surface area (Å²) in [5, 5.41) is 2.72. The summed E-state index contributed by atoms with van der Waals surface area (Å²) in [7, 11) is 0. The van der Waals surface area contributed by atoms with Crippen LogP contribution in [0.5, 0.6) is 11.6 Å². The molecule has 1 heterocycles. The van der Waals surface area contributed by atoms with Crippen molar-refractivity contribution in [2.24, 2.45) is 11.1 Å². The van der Waals surface area contributed by atoms with Crippen molar-refractivity contribution in [2.75, 3.05) is 5.32 Å². The van der Waals surface area contributed by atoms with E-state index in [0.29, 0.717) is 17.3 Å². The van der Waals surface area contributed by atoms with E-state index in [2.05, 4.69) is 10.3 Å². The molecule has 0 spiro atoms. The topological polar surface area (TPSA) is 77.2 Å². The third-order valence-electron chi connectivity index (χ3n) is 3.26. The lowest BCUT2D eigenvalue weighted by Crippen LogP contribution is -2.45. The number of carbonyl (C=O) groups excluding carboxylic acids is 1. The standard InChI is InChI=1S/C17H20FN3O2/c1-17(2,3)15(19)16(22)21-12-6-9-14(20-10-12)23-13-7-4-11(18)5-8-13/h4-10,15H,19H2,1-3H3,(H,21,22)/t15-/m1/s1. The van der Waals surface area contributed by atoms with Gasteiger partial charge in [-0.25, -0.2) is 9.37 Å². The van der Waals surface area contributed by atoms with E-state index in [0.717, 1.165) is 0 Å². The maximum Gasteiger partial charge on any atom is 0.241 e. The van der Waals surface area contributed by atoms with Crippen LogP contribution in [0.15, 0.2) is 42.6 Å². The van der Waals surface area contributed by atoms with Gasteiger partial charge in [0.25, 0.3) is 0 Å². The highest BCUT2D eigenvalue weighted by Gasteiger charge is 2.27. The van der Waals surface area contributed by atoms with E-state index < -0.39 is 6.04 Å². The molecule has 122 valence electrons. The predicted molar refractivity (Wildman–Crippen MR) is 86.8 cm³/mol. The maximum absolute atomic E-state index is 12.8. The molecule has 1 amide bonds. The number of nitrogens with zero attached hydrogens (tertiary/aromatic N) is 1. The van der Waals surface area contributed by atoms with Crippen LogP contribution in [0, 0.1) is 11.2 Å². The molecule has 0 fully saturated rings. The van der Waals surface area contributed by atoms with Crippen molar-refractivity contribution in [1.82, 2.24) is 4.98 Å². The molecule has 0 saturated carbocycles. The predicted octanol–water partition coefficient (Wildman–Crippen LogP) is 3.32. The molecule has 0 radical (unpaired) electrons. The van der Waals surface area contributed by atoms with Crippen LogP contribution in [0.3, 0.4) is 0 Å². The summed E-state index contributed by atoms with van der Waals surface area (Å²) >= 11 is 0. The SMILES string of the molecule is CC(C)(C)[C@H](N)C(=O)Nc1ccc(Oc2ccc(F)cc2)nc1. The van der Waals surface area contributed by atoms with Crippen molar-refractivity contribution in [3.8, 4) is 11.6 Å². The zero-order valence-electron chi connectivity index (χ0n) is 13.3. The highest BCUT2D eigenvalue weighted by Crippen LogP contribution is 2.22. The van der Waals surface area contributed by atoms with Crippen molar-refractivity contribution < 1.29 is 13.9 Å². The first-order chi connectivity index (χ1) is 10.8. The molecule has 1 atom stereocenters. The van der Waals surface area contributed by atoms with E-state index in [9.17, 15) is 9.18 Å². The molecule has 0 unspecified atom stereocenters. The van der Waals surface area contributed by atoms with Crippen LogP contribution in [0.1, 0.15) is 20.8 Å². The van der Waals surface area contributed by atoms with Gasteiger partial charge in [-0.05, 0) is 35.7 Å². The number of benzene rings is 1. The summed E-state index contributed by atoms with van der Waals surface area (Å²) in [4.78, 5) is 16.1. The second kappa shape index (κ2) is 6.75. The molecular formula is C17H20FN3O2. The van der Waals surface area contributed by atoms with E-state index in [-0.39, 0.29) is 17.1 Å². The van der Waals surface area contributed by atoms with Crippen LogP contribution in [0.2, 0.25) is 0 Å². The van der Waals surface area contributed by atoms with Gasteiger partial charge in [-0.3, -0.25) is 4.79 Å². The van der Waals surface area contributed by atoms with Crippen molar-refractivity contribution >= 4 is 11.6 Å². The van der Waals surface area contributed by atoms with Gasteiger partial charge in [0.05, 0.1) is 17.9 Å². The van der Waals surface area contributed by atoms with Crippen molar-refractivity contribution in [3.63, 3.8) is 0 Å². The zero-order chi connectivity index (χ0) is 17.0. The number of ether oxygens (including phenoxy) is 1. The molecule has 0 aliphatic carbocycles. The molecule has 1 aromatic carbocycles. The summed E-state index contributed by atoms with van der Waals surface area (Å²) in [6, 6.07) is 8.28. The second-order valence-corrected chi connectivity index (χ2v) is 6.27. The number of carbonyl (C=O) groups is 1. The molecule has 2 aromatic rings. The Kier molecular flexibility index (Phi) is 4.95. The van der Waals surface area contributed by atoms with Crippen LogP contribution in [0.25, 0.3) is 0 Å². The molecule has 23 heavy (non-hydrogen) atoms. The fourth-order valence-corrected chi connectivity index (χ4v) is 1.75. The van der Waals surface area contributed by atoms with Crippen LogP contribution in [-0.4, -0.2) is 16.9 Å². The first-order valence-corrected chi connectivity index (χ1v) is 7.21. The Balaban J connectivity index is 1.99. The number of aromatic nitrogens is 1. The molecule has 0 saturated heterocycles. The van der Waals surface area contributed by atoms with E-state index in [1.165, 1.54) is 30.5 Å². The quantitative estimate of drug-likeness (QED) is 0.907. The van der Waals surface area contributed by atoms with Gasteiger partial charge in [-0.15, -0.1) is 0 Å². The lowest BCUT2D eigenvalue weighted by Gasteiger charge is -2.25. The van der Waals surface area contributed by atoms with Crippen LogP contribution in [0.4, 0.5) is 10.1 Å². The number of halogens is 1. The minimum atomic E-state index is -0.627. The van der Waals surface area contributed by atoms with Crippen LogP contribution >= 0.6 is 0 Å². The first-order valence-electron chi connectivity index (χ1n) is 7.21. The average molecular weight is 317 g/mol.